The highest BCUT2D eigenvalue weighted by Crippen LogP contribution is 2.18. The SMILES string of the molecule is CCN(CC(F)(F)F)c1ncc[nH]c1=O. The minimum Gasteiger partial charge on any atom is -0.343 e. The lowest BCUT2D eigenvalue weighted by Gasteiger charge is -2.21. The largest absolute Gasteiger partial charge is 0.405 e. The van der Waals surface area contributed by atoms with E-state index in [4.69, 9.17) is 0 Å². The van der Waals surface area contributed by atoms with E-state index >= 15 is 0 Å². The van der Waals surface area contributed by atoms with E-state index in [1.54, 1.807) is 0 Å². The number of aromatic nitrogens is 2. The van der Waals surface area contributed by atoms with E-state index in [0.717, 1.165) is 4.90 Å². The van der Waals surface area contributed by atoms with Crippen molar-refractivity contribution in [2.75, 3.05) is 18.0 Å². The molecule has 4 nitrogen and oxygen atoms in total. The molecule has 0 spiro atoms. The van der Waals surface area contributed by atoms with Crippen LogP contribution in [0.1, 0.15) is 6.92 Å². The van der Waals surface area contributed by atoms with E-state index < -0.39 is 18.3 Å². The molecule has 15 heavy (non-hydrogen) atoms. The molecule has 0 aliphatic rings. The molecule has 84 valence electrons. The Kier molecular flexibility index (Phi) is 3.33. The van der Waals surface area contributed by atoms with Gasteiger partial charge in [0.05, 0.1) is 0 Å². The molecule has 0 atom stereocenters. The summed E-state index contributed by atoms with van der Waals surface area (Å²) >= 11 is 0. The highest BCUT2D eigenvalue weighted by molar-refractivity contribution is 5.34. The Bertz CT molecular complexity index is 374. The lowest BCUT2D eigenvalue weighted by atomic mass is 10.4. The Balaban J connectivity index is 2.94. The molecule has 1 N–H and O–H groups in total. The van der Waals surface area contributed by atoms with Crippen molar-refractivity contribution >= 4 is 5.82 Å². The van der Waals surface area contributed by atoms with Crippen molar-refractivity contribution in [2.45, 2.75) is 13.1 Å². The Morgan fingerprint density at radius 2 is 2.20 bits per heavy atom. The number of rotatable bonds is 3. The average molecular weight is 221 g/mol. The van der Waals surface area contributed by atoms with Crippen LogP contribution in [-0.2, 0) is 0 Å². The van der Waals surface area contributed by atoms with Gasteiger partial charge in [-0.2, -0.15) is 13.2 Å². The van der Waals surface area contributed by atoms with E-state index in [1.165, 1.54) is 19.3 Å². The normalized spacial score (nSPS) is 11.5. The topological polar surface area (TPSA) is 49.0 Å². The minimum absolute atomic E-state index is 0.0691. The highest BCUT2D eigenvalue weighted by atomic mass is 19.4. The van der Waals surface area contributed by atoms with Crippen molar-refractivity contribution in [3.05, 3.63) is 22.7 Å². The Morgan fingerprint density at radius 1 is 1.53 bits per heavy atom. The molecule has 0 saturated heterocycles. The van der Waals surface area contributed by atoms with Gasteiger partial charge in [-0.15, -0.1) is 0 Å². The fourth-order valence-electron chi connectivity index (χ4n) is 1.12. The third kappa shape index (κ3) is 3.26. The number of halogens is 3. The van der Waals surface area contributed by atoms with Crippen molar-refractivity contribution in [1.29, 1.82) is 0 Å². The van der Waals surface area contributed by atoms with Crippen LogP contribution in [0, 0.1) is 0 Å². The third-order valence-corrected chi connectivity index (χ3v) is 1.74. The molecule has 0 amide bonds. The molecule has 0 aliphatic carbocycles. The van der Waals surface area contributed by atoms with Crippen LogP contribution < -0.4 is 10.5 Å². The molecule has 1 aromatic heterocycles. The molecule has 0 bridgehead atoms. The summed E-state index contributed by atoms with van der Waals surface area (Å²) in [4.78, 5) is 17.9. The second kappa shape index (κ2) is 4.33. The zero-order chi connectivity index (χ0) is 11.5. The molecule has 1 heterocycles. The van der Waals surface area contributed by atoms with Gasteiger partial charge in [0.1, 0.15) is 6.54 Å². The Morgan fingerprint density at radius 3 is 2.67 bits per heavy atom. The van der Waals surface area contributed by atoms with Gasteiger partial charge in [-0.25, -0.2) is 4.98 Å². The number of hydrogen-bond donors (Lipinski definition) is 1. The van der Waals surface area contributed by atoms with Crippen molar-refractivity contribution < 1.29 is 13.2 Å². The van der Waals surface area contributed by atoms with Gasteiger partial charge in [0.25, 0.3) is 5.56 Å². The second-order valence-electron chi connectivity index (χ2n) is 2.87. The van der Waals surface area contributed by atoms with Crippen LogP contribution in [0.2, 0.25) is 0 Å². The summed E-state index contributed by atoms with van der Waals surface area (Å²) in [5.41, 5.74) is -0.622. The molecule has 0 aromatic carbocycles. The first kappa shape index (κ1) is 11.5. The van der Waals surface area contributed by atoms with Crippen LogP contribution in [0.4, 0.5) is 19.0 Å². The van der Waals surface area contributed by atoms with E-state index in [1.807, 2.05) is 0 Å². The fraction of sp³-hybridized carbons (Fsp3) is 0.500. The van der Waals surface area contributed by atoms with Gasteiger partial charge in [0, 0.05) is 18.9 Å². The van der Waals surface area contributed by atoms with Gasteiger partial charge >= 0.3 is 6.18 Å². The summed E-state index contributed by atoms with van der Waals surface area (Å²) in [7, 11) is 0. The predicted molar refractivity (Wildman–Crippen MR) is 48.8 cm³/mol. The molecule has 7 heteroatoms. The van der Waals surface area contributed by atoms with Gasteiger partial charge in [-0.3, -0.25) is 4.79 Å². The lowest BCUT2D eigenvalue weighted by Crippen LogP contribution is -2.37. The summed E-state index contributed by atoms with van der Waals surface area (Å²) in [5, 5.41) is 0. The number of H-pyrrole nitrogens is 1. The molecular formula is C8H10F3N3O. The van der Waals surface area contributed by atoms with Crippen LogP contribution in [0.25, 0.3) is 0 Å². The van der Waals surface area contributed by atoms with Crippen molar-refractivity contribution in [1.82, 2.24) is 9.97 Å². The van der Waals surface area contributed by atoms with E-state index in [9.17, 15) is 18.0 Å². The van der Waals surface area contributed by atoms with Gasteiger partial charge < -0.3 is 9.88 Å². The molecule has 0 fully saturated rings. The molecule has 1 aromatic rings. The highest BCUT2D eigenvalue weighted by Gasteiger charge is 2.31. The molecular weight excluding hydrogens is 211 g/mol. The molecule has 1 rings (SSSR count). The first-order valence-electron chi connectivity index (χ1n) is 4.29. The summed E-state index contributed by atoms with van der Waals surface area (Å²) < 4.78 is 36.4. The van der Waals surface area contributed by atoms with E-state index in [2.05, 4.69) is 9.97 Å². The van der Waals surface area contributed by atoms with Gasteiger partial charge in [-0.05, 0) is 6.92 Å². The number of aromatic amines is 1. The van der Waals surface area contributed by atoms with Crippen molar-refractivity contribution in [3.63, 3.8) is 0 Å². The van der Waals surface area contributed by atoms with Crippen LogP contribution in [-0.4, -0.2) is 29.2 Å². The van der Waals surface area contributed by atoms with Crippen LogP contribution in [0.15, 0.2) is 17.2 Å². The minimum atomic E-state index is -4.35. The monoisotopic (exact) mass is 221 g/mol. The Labute approximate surface area is 83.7 Å². The maximum atomic E-state index is 12.1. The molecule has 0 aliphatic heterocycles. The average Bonchev–Trinajstić information content (AvgIpc) is 2.14. The summed E-state index contributed by atoms with van der Waals surface area (Å²) in [6.07, 6.45) is -1.83. The predicted octanol–water partition coefficient (Wildman–Crippen LogP) is 1.16. The van der Waals surface area contributed by atoms with Gasteiger partial charge in [-0.1, -0.05) is 0 Å². The molecule has 0 unspecified atom stereocenters. The van der Waals surface area contributed by atoms with E-state index in [0.29, 0.717) is 0 Å². The number of nitrogens with zero attached hydrogens (tertiary/aromatic N) is 2. The Hall–Kier alpha value is -1.53. The zero-order valence-corrected chi connectivity index (χ0v) is 8.01. The number of hydrogen-bond acceptors (Lipinski definition) is 3. The summed E-state index contributed by atoms with van der Waals surface area (Å²) in [5.74, 6) is -0.211. The number of alkyl halides is 3. The first-order valence-corrected chi connectivity index (χ1v) is 4.29. The summed E-state index contributed by atoms with van der Waals surface area (Å²) in [6, 6.07) is 0. The molecule has 0 saturated carbocycles. The zero-order valence-electron chi connectivity index (χ0n) is 8.01. The second-order valence-corrected chi connectivity index (χ2v) is 2.87. The summed E-state index contributed by atoms with van der Waals surface area (Å²) in [6.45, 7) is 0.420. The van der Waals surface area contributed by atoms with E-state index in [-0.39, 0.29) is 12.4 Å². The fourth-order valence-corrected chi connectivity index (χ4v) is 1.12. The lowest BCUT2D eigenvalue weighted by molar-refractivity contribution is -0.119. The van der Waals surface area contributed by atoms with Crippen LogP contribution >= 0.6 is 0 Å². The van der Waals surface area contributed by atoms with Gasteiger partial charge in [0.2, 0.25) is 0 Å². The number of anilines is 1. The standard InChI is InChI=1S/C8H10F3N3O/c1-2-14(5-8(9,10)11)6-7(15)13-4-3-12-6/h3-4H,2,5H2,1H3,(H,13,15). The van der Waals surface area contributed by atoms with Crippen molar-refractivity contribution in [2.24, 2.45) is 0 Å². The van der Waals surface area contributed by atoms with Crippen molar-refractivity contribution in [3.8, 4) is 0 Å². The quantitative estimate of drug-likeness (QED) is 0.833. The van der Waals surface area contributed by atoms with Crippen LogP contribution in [0.3, 0.4) is 0 Å². The maximum Gasteiger partial charge on any atom is 0.405 e. The smallest absolute Gasteiger partial charge is 0.343 e. The van der Waals surface area contributed by atoms with Gasteiger partial charge in [0.15, 0.2) is 5.82 Å². The maximum absolute atomic E-state index is 12.1. The first-order chi connectivity index (χ1) is 6.94. The molecule has 0 radical (unpaired) electrons. The number of nitrogens with one attached hydrogen (secondary N) is 1. The van der Waals surface area contributed by atoms with Crippen LogP contribution in [0.5, 0.6) is 0 Å². The third-order valence-electron chi connectivity index (χ3n) is 1.74.